The molecule has 7 nitrogen and oxygen atoms in total. The Labute approximate surface area is 200 Å². The molecule has 1 N–H and O–H groups in total. The van der Waals surface area contributed by atoms with Gasteiger partial charge in [-0.15, -0.1) is 0 Å². The van der Waals surface area contributed by atoms with Crippen molar-refractivity contribution in [2.75, 3.05) is 7.11 Å². The fourth-order valence-corrected chi connectivity index (χ4v) is 8.07. The number of cyclic esters (lactones) is 1. The Bertz CT molecular complexity index is 1010. The number of hydrogen-bond donors (Lipinski definition) is 1. The molecule has 2 saturated heterocycles. The van der Waals surface area contributed by atoms with E-state index < -0.39 is 34.1 Å². The van der Waals surface area contributed by atoms with Crippen LogP contribution in [0.2, 0.25) is 0 Å². The summed E-state index contributed by atoms with van der Waals surface area (Å²) in [5.41, 5.74) is -0.672. The molecule has 2 aliphatic carbocycles. The van der Waals surface area contributed by atoms with Crippen LogP contribution in [0.3, 0.4) is 0 Å². The Kier molecular flexibility index (Phi) is 5.17. The Hall–Kier alpha value is -2.12. The third-order valence-electron chi connectivity index (χ3n) is 10.2. The summed E-state index contributed by atoms with van der Waals surface area (Å²) in [5, 5.41) is 11.2. The molecule has 4 fully saturated rings. The first-order chi connectivity index (χ1) is 15.9. The quantitative estimate of drug-likeness (QED) is 0.516. The third kappa shape index (κ3) is 2.83. The standard InChI is InChI=1S/C27H36O7/c1-15-17-7-9-25(4)23(16-8-10-32-14-16)33-22(30)13-27(15,25)34-20-12-19(28)24(2,3)18(26(17,20)5)11-21(29)31-6/h8,10,14,17-20,23,28H,1,7,9,11-13H2,2-6H3/t17?,18?,19?,20-,23+,25+,26+,27-/m0/s1. The Morgan fingerprint density at radius 3 is 2.68 bits per heavy atom. The number of aliphatic hydroxyl groups excluding tert-OH is 1. The summed E-state index contributed by atoms with van der Waals surface area (Å²) in [7, 11) is 1.40. The minimum atomic E-state index is -0.908. The summed E-state index contributed by atoms with van der Waals surface area (Å²) < 4.78 is 23.3. The zero-order valence-electron chi connectivity index (χ0n) is 20.8. The highest BCUT2D eigenvalue weighted by Crippen LogP contribution is 2.72. The highest BCUT2D eigenvalue weighted by molar-refractivity contribution is 5.74. The van der Waals surface area contributed by atoms with Crippen LogP contribution >= 0.6 is 0 Å². The van der Waals surface area contributed by atoms with E-state index in [2.05, 4.69) is 20.4 Å². The number of aliphatic hydroxyl groups is 1. The summed E-state index contributed by atoms with van der Waals surface area (Å²) in [5.74, 6) is -0.752. The van der Waals surface area contributed by atoms with Crippen LogP contribution in [0.4, 0.5) is 0 Å². The van der Waals surface area contributed by atoms with Crippen LogP contribution in [0.1, 0.15) is 71.5 Å². The number of fused-ring (bicyclic) bond motifs is 3. The molecule has 1 aromatic heterocycles. The largest absolute Gasteiger partial charge is 0.472 e. The average Bonchev–Trinajstić information content (AvgIpc) is 3.30. The average molecular weight is 473 g/mol. The number of carbonyl (C=O) groups is 2. The van der Waals surface area contributed by atoms with Gasteiger partial charge in [0.25, 0.3) is 0 Å². The van der Waals surface area contributed by atoms with Gasteiger partial charge in [-0.2, -0.15) is 0 Å². The minimum absolute atomic E-state index is 0.0386. The van der Waals surface area contributed by atoms with Crippen LogP contribution in [0.15, 0.2) is 35.2 Å². The molecule has 0 amide bonds. The van der Waals surface area contributed by atoms with Gasteiger partial charge < -0.3 is 23.7 Å². The van der Waals surface area contributed by atoms with E-state index in [4.69, 9.17) is 18.6 Å². The molecular formula is C27H36O7. The molecule has 0 radical (unpaired) electrons. The number of esters is 2. The molecule has 4 aliphatic rings. The maximum Gasteiger partial charge on any atom is 0.309 e. The fourth-order valence-electron chi connectivity index (χ4n) is 8.07. The predicted octanol–water partition coefficient (Wildman–Crippen LogP) is 4.35. The van der Waals surface area contributed by atoms with Crippen molar-refractivity contribution in [3.05, 3.63) is 36.3 Å². The second kappa shape index (κ2) is 7.44. The summed E-state index contributed by atoms with van der Waals surface area (Å²) in [6, 6.07) is 1.84. The molecule has 3 heterocycles. The van der Waals surface area contributed by atoms with Gasteiger partial charge >= 0.3 is 11.9 Å². The lowest BCUT2D eigenvalue weighted by molar-refractivity contribution is -0.314. The summed E-state index contributed by atoms with van der Waals surface area (Å²) in [4.78, 5) is 25.5. The SMILES string of the molecule is C=C1C2CC[C@]3(C)[C@@H](c4ccoc4)OC(=O)C[C@]13O[C@H]1CC(O)C(C)(C)C(CC(=O)OC)[C@@]21C. The first kappa shape index (κ1) is 23.6. The molecule has 186 valence electrons. The van der Waals surface area contributed by atoms with Crippen molar-refractivity contribution in [3.8, 4) is 0 Å². The molecular weight excluding hydrogens is 436 g/mol. The maximum absolute atomic E-state index is 13.0. The van der Waals surface area contributed by atoms with Crippen LogP contribution in [0.5, 0.6) is 0 Å². The van der Waals surface area contributed by atoms with Crippen molar-refractivity contribution in [2.24, 2.45) is 28.1 Å². The van der Waals surface area contributed by atoms with E-state index in [0.29, 0.717) is 6.42 Å². The molecule has 1 aromatic rings. The Morgan fingerprint density at radius 2 is 2.03 bits per heavy atom. The van der Waals surface area contributed by atoms with Gasteiger partial charge in [-0.05, 0) is 41.7 Å². The lowest BCUT2D eigenvalue weighted by Crippen LogP contribution is -2.73. The normalized spacial score (nSPS) is 45.1. The molecule has 1 spiro atoms. The summed E-state index contributed by atoms with van der Waals surface area (Å²) in [6.07, 6.45) is 4.06. The molecule has 34 heavy (non-hydrogen) atoms. The zero-order valence-corrected chi connectivity index (χ0v) is 20.8. The van der Waals surface area contributed by atoms with E-state index in [1.807, 2.05) is 19.9 Å². The van der Waals surface area contributed by atoms with E-state index in [9.17, 15) is 14.7 Å². The minimum Gasteiger partial charge on any atom is -0.472 e. The van der Waals surface area contributed by atoms with E-state index in [-0.39, 0.29) is 42.7 Å². The van der Waals surface area contributed by atoms with Gasteiger partial charge in [-0.25, -0.2) is 0 Å². The smallest absolute Gasteiger partial charge is 0.309 e. The van der Waals surface area contributed by atoms with Gasteiger partial charge in [0.15, 0.2) is 0 Å². The molecule has 2 aliphatic heterocycles. The van der Waals surface area contributed by atoms with Crippen LogP contribution < -0.4 is 0 Å². The molecule has 5 rings (SSSR count). The lowest BCUT2D eigenvalue weighted by Gasteiger charge is -2.71. The highest BCUT2D eigenvalue weighted by atomic mass is 16.6. The molecule has 7 heteroatoms. The van der Waals surface area contributed by atoms with E-state index in [1.165, 1.54) is 7.11 Å². The number of ether oxygens (including phenoxy) is 3. The van der Waals surface area contributed by atoms with Gasteiger partial charge in [0, 0.05) is 29.2 Å². The topological polar surface area (TPSA) is 95.2 Å². The summed E-state index contributed by atoms with van der Waals surface area (Å²) in [6.45, 7) is 12.9. The van der Waals surface area contributed by atoms with Crippen molar-refractivity contribution in [3.63, 3.8) is 0 Å². The van der Waals surface area contributed by atoms with Crippen LogP contribution in [0, 0.1) is 28.1 Å². The van der Waals surface area contributed by atoms with Crippen LogP contribution in [-0.2, 0) is 23.8 Å². The van der Waals surface area contributed by atoms with Crippen molar-refractivity contribution >= 4 is 11.9 Å². The Morgan fingerprint density at radius 1 is 1.29 bits per heavy atom. The van der Waals surface area contributed by atoms with E-state index in [0.717, 1.165) is 24.0 Å². The highest BCUT2D eigenvalue weighted by Gasteiger charge is 2.73. The van der Waals surface area contributed by atoms with Gasteiger partial charge in [0.2, 0.25) is 0 Å². The van der Waals surface area contributed by atoms with Gasteiger partial charge in [-0.1, -0.05) is 34.3 Å². The van der Waals surface area contributed by atoms with Gasteiger partial charge in [0.1, 0.15) is 11.7 Å². The number of carbonyl (C=O) groups excluding carboxylic acids is 2. The number of hydrogen-bond acceptors (Lipinski definition) is 7. The van der Waals surface area contributed by atoms with E-state index >= 15 is 0 Å². The lowest BCUT2D eigenvalue weighted by atomic mass is 9.41. The zero-order chi connectivity index (χ0) is 24.7. The molecule has 2 saturated carbocycles. The van der Waals surface area contributed by atoms with Crippen molar-refractivity contribution < 1.29 is 33.3 Å². The van der Waals surface area contributed by atoms with Crippen molar-refractivity contribution in [2.45, 2.75) is 83.7 Å². The molecule has 0 aromatic carbocycles. The monoisotopic (exact) mass is 472 g/mol. The second-order valence-electron chi connectivity index (χ2n) is 11.8. The van der Waals surface area contributed by atoms with Crippen LogP contribution in [-0.4, -0.2) is 42.0 Å². The van der Waals surface area contributed by atoms with E-state index in [1.54, 1.807) is 12.5 Å². The number of furan rings is 1. The fraction of sp³-hybridized carbons (Fsp3) is 0.704. The van der Waals surface area contributed by atoms with Crippen LogP contribution in [0.25, 0.3) is 0 Å². The molecule has 2 bridgehead atoms. The first-order valence-electron chi connectivity index (χ1n) is 12.3. The third-order valence-corrected chi connectivity index (χ3v) is 10.2. The summed E-state index contributed by atoms with van der Waals surface area (Å²) >= 11 is 0. The Balaban J connectivity index is 1.62. The number of rotatable bonds is 3. The van der Waals surface area contributed by atoms with Crippen molar-refractivity contribution in [1.82, 2.24) is 0 Å². The van der Waals surface area contributed by atoms with Gasteiger partial charge in [0.05, 0.1) is 38.3 Å². The van der Waals surface area contributed by atoms with Crippen molar-refractivity contribution in [1.29, 1.82) is 0 Å². The molecule has 8 atom stereocenters. The molecule has 3 unspecified atom stereocenters. The first-order valence-corrected chi connectivity index (χ1v) is 12.3. The predicted molar refractivity (Wildman–Crippen MR) is 122 cm³/mol. The second-order valence-corrected chi connectivity index (χ2v) is 11.8. The van der Waals surface area contributed by atoms with Gasteiger partial charge in [-0.3, -0.25) is 9.59 Å². The maximum atomic E-state index is 13.0. The number of methoxy groups -OCH3 is 1.